The molecule has 0 unspecified atom stereocenters. The van der Waals surface area contributed by atoms with Gasteiger partial charge in [-0.3, -0.25) is 19.1 Å². The molecule has 0 bridgehead atoms. The fourth-order valence-electron chi connectivity index (χ4n) is 2.87. The van der Waals surface area contributed by atoms with Crippen LogP contribution in [0.3, 0.4) is 0 Å². The van der Waals surface area contributed by atoms with E-state index in [0.717, 1.165) is 5.69 Å². The molecule has 0 radical (unpaired) electrons. The molecule has 4 rings (SSSR count). The predicted octanol–water partition coefficient (Wildman–Crippen LogP) is 3.02. The van der Waals surface area contributed by atoms with Crippen molar-refractivity contribution in [2.45, 2.75) is 13.5 Å². The average molecular weight is 384 g/mol. The molecule has 0 atom stereocenters. The largest absolute Gasteiger partial charge is 0.281 e. The SMILES string of the molecule is Cc1cc(C(=O)N(CCn2cccn2)c2nc3ccc(F)cc3s2)n(C)n1. The molecule has 0 N–H and O–H groups in total. The summed E-state index contributed by atoms with van der Waals surface area (Å²) in [7, 11) is 1.74. The van der Waals surface area contributed by atoms with E-state index in [-0.39, 0.29) is 11.7 Å². The lowest BCUT2D eigenvalue weighted by Crippen LogP contribution is -2.35. The molecule has 7 nitrogen and oxygen atoms in total. The minimum Gasteiger partial charge on any atom is -0.281 e. The number of benzene rings is 1. The molecular formula is C18H17FN6OS. The van der Waals surface area contributed by atoms with Gasteiger partial charge in [-0.1, -0.05) is 11.3 Å². The van der Waals surface area contributed by atoms with Crippen molar-refractivity contribution in [3.05, 3.63) is 59.9 Å². The van der Waals surface area contributed by atoms with Crippen LogP contribution < -0.4 is 4.90 Å². The highest BCUT2D eigenvalue weighted by Gasteiger charge is 2.24. The van der Waals surface area contributed by atoms with Gasteiger partial charge in [-0.2, -0.15) is 10.2 Å². The second-order valence-electron chi connectivity index (χ2n) is 6.13. The second-order valence-corrected chi connectivity index (χ2v) is 7.14. The first-order chi connectivity index (χ1) is 13.0. The molecule has 138 valence electrons. The van der Waals surface area contributed by atoms with Crippen LogP contribution in [-0.4, -0.2) is 37.0 Å². The Bertz CT molecular complexity index is 1100. The van der Waals surface area contributed by atoms with Crippen molar-refractivity contribution in [2.24, 2.45) is 7.05 Å². The minimum absolute atomic E-state index is 0.204. The number of aryl methyl sites for hydroxylation is 2. The normalized spacial score (nSPS) is 11.2. The van der Waals surface area contributed by atoms with Gasteiger partial charge in [0.25, 0.3) is 5.91 Å². The Balaban J connectivity index is 1.71. The summed E-state index contributed by atoms with van der Waals surface area (Å²) in [6, 6.07) is 8.00. The number of aromatic nitrogens is 5. The Morgan fingerprint density at radius 2 is 2.19 bits per heavy atom. The number of halogens is 1. The highest BCUT2D eigenvalue weighted by Crippen LogP contribution is 2.30. The predicted molar refractivity (Wildman–Crippen MR) is 101 cm³/mol. The van der Waals surface area contributed by atoms with Gasteiger partial charge in [-0.25, -0.2) is 9.37 Å². The summed E-state index contributed by atoms with van der Waals surface area (Å²) in [4.78, 5) is 19.3. The lowest BCUT2D eigenvalue weighted by molar-refractivity contribution is 0.0976. The summed E-state index contributed by atoms with van der Waals surface area (Å²) in [5.74, 6) is -0.529. The monoisotopic (exact) mass is 384 g/mol. The Morgan fingerprint density at radius 1 is 1.33 bits per heavy atom. The van der Waals surface area contributed by atoms with Gasteiger partial charge in [0.2, 0.25) is 0 Å². The summed E-state index contributed by atoms with van der Waals surface area (Å²) in [6.45, 7) is 2.73. The maximum absolute atomic E-state index is 13.5. The van der Waals surface area contributed by atoms with Crippen LogP contribution in [0, 0.1) is 12.7 Å². The standard InChI is InChI=1S/C18H17FN6OS/c1-12-10-15(23(2)22-12)17(26)25(9-8-24-7-3-6-20-24)18-21-14-5-4-13(19)11-16(14)27-18/h3-7,10-11H,8-9H2,1-2H3. The Hall–Kier alpha value is -3.07. The fourth-order valence-corrected chi connectivity index (χ4v) is 3.88. The quantitative estimate of drug-likeness (QED) is 0.530. The van der Waals surface area contributed by atoms with E-state index in [1.54, 1.807) is 39.6 Å². The van der Waals surface area contributed by atoms with E-state index in [1.165, 1.54) is 23.5 Å². The summed E-state index contributed by atoms with van der Waals surface area (Å²) >= 11 is 1.29. The van der Waals surface area contributed by atoms with Crippen LogP contribution in [0.1, 0.15) is 16.2 Å². The van der Waals surface area contributed by atoms with Gasteiger partial charge in [-0.05, 0) is 37.3 Å². The van der Waals surface area contributed by atoms with Gasteiger partial charge in [0.1, 0.15) is 11.5 Å². The fraction of sp³-hybridized carbons (Fsp3) is 0.222. The van der Waals surface area contributed by atoms with Crippen molar-refractivity contribution in [2.75, 3.05) is 11.4 Å². The Labute approximate surface area is 158 Å². The zero-order chi connectivity index (χ0) is 19.0. The zero-order valence-corrected chi connectivity index (χ0v) is 15.6. The van der Waals surface area contributed by atoms with Crippen LogP contribution in [-0.2, 0) is 13.6 Å². The number of anilines is 1. The van der Waals surface area contributed by atoms with Gasteiger partial charge in [-0.15, -0.1) is 0 Å². The van der Waals surface area contributed by atoms with Gasteiger partial charge in [0, 0.05) is 26.0 Å². The van der Waals surface area contributed by atoms with E-state index < -0.39 is 0 Å². The first-order valence-electron chi connectivity index (χ1n) is 8.37. The highest BCUT2D eigenvalue weighted by atomic mass is 32.1. The molecule has 0 aliphatic rings. The summed E-state index contributed by atoms with van der Waals surface area (Å²) < 4.78 is 17.5. The molecule has 0 saturated carbocycles. The summed E-state index contributed by atoms with van der Waals surface area (Å²) in [5.41, 5.74) is 1.90. The number of rotatable bonds is 5. The molecule has 4 aromatic rings. The molecule has 0 saturated heterocycles. The molecule has 9 heteroatoms. The summed E-state index contributed by atoms with van der Waals surface area (Å²) in [5, 5.41) is 8.96. The number of hydrogen-bond donors (Lipinski definition) is 0. The molecular weight excluding hydrogens is 367 g/mol. The molecule has 27 heavy (non-hydrogen) atoms. The summed E-state index contributed by atoms with van der Waals surface area (Å²) in [6.07, 6.45) is 3.53. The maximum atomic E-state index is 13.5. The topological polar surface area (TPSA) is 68.8 Å². The van der Waals surface area contributed by atoms with E-state index in [9.17, 15) is 9.18 Å². The van der Waals surface area contributed by atoms with Crippen LogP contribution in [0.25, 0.3) is 10.2 Å². The van der Waals surface area contributed by atoms with Crippen molar-refractivity contribution in [1.82, 2.24) is 24.5 Å². The molecule has 0 fully saturated rings. The maximum Gasteiger partial charge on any atom is 0.278 e. The van der Waals surface area contributed by atoms with Crippen molar-refractivity contribution in [3.8, 4) is 0 Å². The van der Waals surface area contributed by atoms with Crippen molar-refractivity contribution in [1.29, 1.82) is 0 Å². The number of carbonyl (C=O) groups is 1. The number of thiazole rings is 1. The third kappa shape index (κ3) is 3.45. The number of amides is 1. The van der Waals surface area contributed by atoms with Crippen molar-refractivity contribution >= 4 is 32.6 Å². The first-order valence-corrected chi connectivity index (χ1v) is 9.19. The minimum atomic E-state index is -0.325. The van der Waals surface area contributed by atoms with E-state index >= 15 is 0 Å². The smallest absolute Gasteiger partial charge is 0.278 e. The van der Waals surface area contributed by atoms with E-state index in [2.05, 4.69) is 15.2 Å². The van der Waals surface area contributed by atoms with Crippen LogP contribution in [0.4, 0.5) is 9.52 Å². The van der Waals surface area contributed by atoms with Crippen LogP contribution in [0.5, 0.6) is 0 Å². The third-order valence-electron chi connectivity index (χ3n) is 4.15. The molecule has 1 aromatic carbocycles. The van der Waals surface area contributed by atoms with Crippen LogP contribution in [0.2, 0.25) is 0 Å². The van der Waals surface area contributed by atoms with Crippen LogP contribution >= 0.6 is 11.3 Å². The van der Waals surface area contributed by atoms with E-state index in [1.807, 2.05) is 19.2 Å². The van der Waals surface area contributed by atoms with Crippen molar-refractivity contribution in [3.63, 3.8) is 0 Å². The number of hydrogen-bond acceptors (Lipinski definition) is 5. The van der Waals surface area contributed by atoms with Gasteiger partial charge >= 0.3 is 0 Å². The zero-order valence-electron chi connectivity index (χ0n) is 14.8. The molecule has 0 aliphatic heterocycles. The Kier molecular flexibility index (Phi) is 4.44. The second kappa shape index (κ2) is 6.92. The molecule has 0 aliphatic carbocycles. The Morgan fingerprint density at radius 3 is 2.89 bits per heavy atom. The highest BCUT2D eigenvalue weighted by molar-refractivity contribution is 7.22. The number of nitrogens with zero attached hydrogens (tertiary/aromatic N) is 6. The lowest BCUT2D eigenvalue weighted by atomic mass is 10.3. The molecule has 3 heterocycles. The molecule has 1 amide bonds. The van der Waals surface area contributed by atoms with Crippen molar-refractivity contribution < 1.29 is 9.18 Å². The van der Waals surface area contributed by atoms with E-state index in [4.69, 9.17) is 0 Å². The molecule has 0 spiro atoms. The third-order valence-corrected chi connectivity index (χ3v) is 5.19. The van der Waals surface area contributed by atoms with Gasteiger partial charge < -0.3 is 0 Å². The average Bonchev–Trinajstić information content (AvgIpc) is 3.34. The van der Waals surface area contributed by atoms with E-state index in [0.29, 0.717) is 34.1 Å². The van der Waals surface area contributed by atoms with Gasteiger partial charge in [0.05, 0.1) is 22.5 Å². The number of carbonyl (C=O) groups excluding carboxylic acids is 1. The molecule has 3 aromatic heterocycles. The first kappa shape index (κ1) is 17.3. The lowest BCUT2D eigenvalue weighted by Gasteiger charge is -2.19. The van der Waals surface area contributed by atoms with Gasteiger partial charge in [0.15, 0.2) is 5.13 Å². The number of fused-ring (bicyclic) bond motifs is 1. The van der Waals surface area contributed by atoms with Crippen LogP contribution in [0.15, 0.2) is 42.7 Å².